The first-order valence-electron chi connectivity index (χ1n) is 8.61. The van der Waals surface area contributed by atoms with Gasteiger partial charge in [-0.1, -0.05) is 15.9 Å². The second-order valence-corrected chi connectivity index (χ2v) is 6.90. The predicted molar refractivity (Wildman–Crippen MR) is 116 cm³/mol. The highest BCUT2D eigenvalue weighted by atomic mass is 79.9. The fraction of sp³-hybridized carbons (Fsp3) is 0.250. The van der Waals surface area contributed by atoms with Crippen LogP contribution in [-0.4, -0.2) is 33.9 Å². The zero-order valence-corrected chi connectivity index (χ0v) is 17.9. The fourth-order valence-electron chi connectivity index (χ4n) is 2.83. The molecule has 1 amide bonds. The third-order valence-corrected chi connectivity index (χ3v) is 4.79. The maximum Gasteiger partial charge on any atom is 0.257 e. The number of nitrogens with zero attached hydrogens (tertiary/aromatic N) is 3. The van der Waals surface area contributed by atoms with Gasteiger partial charge in [0.15, 0.2) is 5.65 Å². The highest BCUT2D eigenvalue weighted by Crippen LogP contribution is 2.30. The Kier molecular flexibility index (Phi) is 7.16. The molecule has 0 fully saturated rings. The molecule has 1 aromatic carbocycles. The summed E-state index contributed by atoms with van der Waals surface area (Å²) in [7, 11) is 0. The van der Waals surface area contributed by atoms with Gasteiger partial charge in [0.1, 0.15) is 0 Å². The first kappa shape index (κ1) is 21.1. The van der Waals surface area contributed by atoms with Gasteiger partial charge in [0.25, 0.3) is 5.91 Å². The monoisotopic (exact) mass is 448 g/mol. The van der Waals surface area contributed by atoms with Crippen LogP contribution in [0.5, 0.6) is 0 Å². The molecule has 7 heteroatoms. The molecule has 0 aliphatic rings. The molecule has 2 aromatic heterocycles. The molecule has 27 heavy (non-hydrogen) atoms. The van der Waals surface area contributed by atoms with E-state index in [0.717, 1.165) is 26.9 Å². The average molecular weight is 450 g/mol. The minimum Gasteiger partial charge on any atom is -0.354 e. The van der Waals surface area contributed by atoms with Crippen molar-refractivity contribution in [3.05, 3.63) is 58.3 Å². The summed E-state index contributed by atoms with van der Waals surface area (Å²) in [6.07, 6.45) is 1.62. The van der Waals surface area contributed by atoms with Gasteiger partial charge in [-0.3, -0.25) is 4.79 Å². The Morgan fingerprint density at radius 1 is 1.11 bits per heavy atom. The molecule has 142 valence electrons. The van der Waals surface area contributed by atoms with Crippen LogP contribution in [0.3, 0.4) is 0 Å². The molecule has 0 aliphatic heterocycles. The number of carbonyl (C=O) groups is 1. The van der Waals surface area contributed by atoms with Crippen molar-refractivity contribution in [3.8, 4) is 0 Å². The van der Waals surface area contributed by atoms with E-state index in [2.05, 4.69) is 31.2 Å². The van der Waals surface area contributed by atoms with Crippen molar-refractivity contribution in [2.75, 3.05) is 18.4 Å². The maximum atomic E-state index is 13.0. The van der Waals surface area contributed by atoms with E-state index in [1.54, 1.807) is 11.1 Å². The third-order valence-electron chi connectivity index (χ3n) is 4.26. The molecule has 0 atom stereocenters. The largest absolute Gasteiger partial charge is 0.354 e. The summed E-state index contributed by atoms with van der Waals surface area (Å²) in [4.78, 5) is 23.7. The van der Waals surface area contributed by atoms with Gasteiger partial charge >= 0.3 is 0 Å². The Labute approximate surface area is 173 Å². The van der Waals surface area contributed by atoms with Crippen LogP contribution >= 0.6 is 28.3 Å². The van der Waals surface area contributed by atoms with Gasteiger partial charge in [0.05, 0.1) is 11.3 Å². The first-order valence-corrected chi connectivity index (χ1v) is 9.41. The summed E-state index contributed by atoms with van der Waals surface area (Å²) in [6, 6.07) is 11.7. The first-order chi connectivity index (χ1) is 12.5. The summed E-state index contributed by atoms with van der Waals surface area (Å²) in [6.45, 7) is 7.18. The number of nitrogens with one attached hydrogen (secondary N) is 1. The van der Waals surface area contributed by atoms with E-state index in [-0.39, 0.29) is 18.3 Å². The molecule has 1 N–H and O–H groups in total. The Balaban J connectivity index is 0.00000261. The van der Waals surface area contributed by atoms with Crippen LogP contribution in [0.4, 0.5) is 11.4 Å². The number of hydrogen-bond acceptors (Lipinski definition) is 4. The van der Waals surface area contributed by atoms with E-state index in [0.29, 0.717) is 24.3 Å². The lowest BCUT2D eigenvalue weighted by molar-refractivity contribution is 0.0774. The number of carbonyl (C=O) groups excluding carboxylic acids is 1. The standard InChI is InChI=1S/C20H21BrN4O.ClH/c1-4-25(5-2)20(26)17-12-22-19-16(11-6-13(3)23-19)18(17)24-15-9-7-14(21)8-10-15;/h6-12H,4-5H2,1-3H3,(H,22,23,24);1H. The predicted octanol–water partition coefficient (Wildman–Crippen LogP) is 5.35. The van der Waals surface area contributed by atoms with Crippen molar-refractivity contribution in [2.24, 2.45) is 0 Å². The molecular formula is C20H22BrClN4O. The molecule has 0 unspecified atom stereocenters. The summed E-state index contributed by atoms with van der Waals surface area (Å²) < 4.78 is 0.999. The summed E-state index contributed by atoms with van der Waals surface area (Å²) in [5.41, 5.74) is 3.70. The average Bonchev–Trinajstić information content (AvgIpc) is 2.64. The van der Waals surface area contributed by atoms with Crippen molar-refractivity contribution in [3.63, 3.8) is 0 Å². The van der Waals surface area contributed by atoms with Gasteiger partial charge < -0.3 is 10.2 Å². The minimum atomic E-state index is -0.0374. The van der Waals surface area contributed by atoms with Gasteiger partial charge in [-0.2, -0.15) is 0 Å². The van der Waals surface area contributed by atoms with Crippen LogP contribution in [0.1, 0.15) is 29.9 Å². The molecule has 0 bridgehead atoms. The van der Waals surface area contributed by atoms with Crippen LogP contribution in [0, 0.1) is 6.92 Å². The van der Waals surface area contributed by atoms with Crippen molar-refractivity contribution in [1.29, 1.82) is 0 Å². The van der Waals surface area contributed by atoms with Crippen LogP contribution in [-0.2, 0) is 0 Å². The zero-order chi connectivity index (χ0) is 18.7. The van der Waals surface area contributed by atoms with Crippen molar-refractivity contribution >= 4 is 56.7 Å². The van der Waals surface area contributed by atoms with E-state index < -0.39 is 0 Å². The minimum absolute atomic E-state index is 0. The van der Waals surface area contributed by atoms with Crippen LogP contribution in [0.25, 0.3) is 11.0 Å². The van der Waals surface area contributed by atoms with E-state index in [1.807, 2.05) is 57.2 Å². The Hall–Kier alpha value is -2.18. The van der Waals surface area contributed by atoms with E-state index in [1.165, 1.54) is 0 Å². The zero-order valence-electron chi connectivity index (χ0n) is 15.5. The Morgan fingerprint density at radius 3 is 2.41 bits per heavy atom. The number of pyridine rings is 2. The number of aryl methyl sites for hydroxylation is 1. The lowest BCUT2D eigenvalue weighted by Crippen LogP contribution is -2.31. The summed E-state index contributed by atoms with van der Waals surface area (Å²) >= 11 is 3.45. The van der Waals surface area contributed by atoms with E-state index in [4.69, 9.17) is 0 Å². The molecule has 0 saturated carbocycles. The van der Waals surface area contributed by atoms with Crippen LogP contribution in [0.15, 0.2) is 47.1 Å². The van der Waals surface area contributed by atoms with E-state index >= 15 is 0 Å². The molecule has 3 rings (SSSR count). The second-order valence-electron chi connectivity index (χ2n) is 5.98. The number of halogens is 2. The number of amides is 1. The number of fused-ring (bicyclic) bond motifs is 1. The molecule has 2 heterocycles. The van der Waals surface area contributed by atoms with Crippen LogP contribution < -0.4 is 5.32 Å². The smallest absolute Gasteiger partial charge is 0.257 e. The Bertz CT molecular complexity index is 943. The van der Waals surface area contributed by atoms with Crippen molar-refractivity contribution in [2.45, 2.75) is 20.8 Å². The highest BCUT2D eigenvalue weighted by molar-refractivity contribution is 9.10. The lowest BCUT2D eigenvalue weighted by atomic mass is 10.1. The molecule has 3 aromatic rings. The lowest BCUT2D eigenvalue weighted by Gasteiger charge is -2.21. The topological polar surface area (TPSA) is 58.1 Å². The third kappa shape index (κ3) is 4.57. The van der Waals surface area contributed by atoms with Gasteiger partial charge in [0, 0.05) is 40.5 Å². The number of rotatable bonds is 5. The number of aromatic nitrogens is 2. The number of hydrogen-bond donors (Lipinski definition) is 1. The number of benzene rings is 1. The van der Waals surface area contributed by atoms with Gasteiger partial charge in [-0.05, 0) is 57.2 Å². The maximum absolute atomic E-state index is 13.0. The van der Waals surface area contributed by atoms with Crippen molar-refractivity contribution < 1.29 is 4.79 Å². The number of anilines is 2. The Morgan fingerprint density at radius 2 is 1.78 bits per heavy atom. The molecule has 5 nitrogen and oxygen atoms in total. The molecule has 0 aliphatic carbocycles. The quantitative estimate of drug-likeness (QED) is 0.570. The normalized spacial score (nSPS) is 10.4. The molecule has 0 radical (unpaired) electrons. The summed E-state index contributed by atoms with van der Waals surface area (Å²) in [5.74, 6) is -0.0374. The summed E-state index contributed by atoms with van der Waals surface area (Å²) in [5, 5.41) is 4.23. The highest BCUT2D eigenvalue weighted by Gasteiger charge is 2.20. The molecule has 0 spiro atoms. The van der Waals surface area contributed by atoms with Gasteiger partial charge in [-0.25, -0.2) is 9.97 Å². The van der Waals surface area contributed by atoms with Crippen molar-refractivity contribution in [1.82, 2.24) is 14.9 Å². The molecular weight excluding hydrogens is 428 g/mol. The fourth-order valence-corrected chi connectivity index (χ4v) is 3.09. The SMILES string of the molecule is CCN(CC)C(=O)c1cnc2nc(C)ccc2c1Nc1ccc(Br)cc1.Cl. The van der Waals surface area contributed by atoms with Gasteiger partial charge in [0.2, 0.25) is 0 Å². The van der Waals surface area contributed by atoms with Gasteiger partial charge in [-0.15, -0.1) is 12.4 Å². The van der Waals surface area contributed by atoms with E-state index in [9.17, 15) is 4.79 Å². The second kappa shape index (κ2) is 9.15. The molecule has 0 saturated heterocycles. The van der Waals surface area contributed by atoms with Crippen LogP contribution in [0.2, 0.25) is 0 Å².